The van der Waals surface area contributed by atoms with Gasteiger partial charge in [0, 0.05) is 17.3 Å². The van der Waals surface area contributed by atoms with Crippen LogP contribution in [0.1, 0.15) is 11.1 Å². The van der Waals surface area contributed by atoms with Gasteiger partial charge >= 0.3 is 0 Å². The van der Waals surface area contributed by atoms with Crippen LogP contribution < -0.4 is 5.32 Å². The lowest BCUT2D eigenvalue weighted by molar-refractivity contribution is 0.600. The number of anilines is 1. The molecule has 0 saturated heterocycles. The Morgan fingerprint density at radius 3 is 2.52 bits per heavy atom. The molecule has 0 aliphatic carbocycles. The SMILES string of the molecule is Cc1ccc(CNc2cc(S(C)(=O)=O)ccc2F)c(Br)c1. The molecule has 0 aliphatic heterocycles. The Morgan fingerprint density at radius 2 is 1.90 bits per heavy atom. The van der Waals surface area contributed by atoms with E-state index in [4.69, 9.17) is 0 Å². The lowest BCUT2D eigenvalue weighted by atomic mass is 10.1. The minimum atomic E-state index is -3.35. The smallest absolute Gasteiger partial charge is 0.175 e. The number of nitrogens with one attached hydrogen (secondary N) is 1. The van der Waals surface area contributed by atoms with Gasteiger partial charge < -0.3 is 5.32 Å². The van der Waals surface area contributed by atoms with Crippen LogP contribution in [0.15, 0.2) is 45.8 Å². The van der Waals surface area contributed by atoms with Gasteiger partial charge in [0.15, 0.2) is 9.84 Å². The Labute approximate surface area is 132 Å². The van der Waals surface area contributed by atoms with Gasteiger partial charge in [-0.25, -0.2) is 12.8 Å². The maximum Gasteiger partial charge on any atom is 0.175 e. The second-order valence-corrected chi connectivity index (χ2v) is 7.73. The van der Waals surface area contributed by atoms with E-state index in [0.29, 0.717) is 6.54 Å². The molecular formula is C15H15BrFNO2S. The van der Waals surface area contributed by atoms with E-state index in [1.165, 1.54) is 12.1 Å². The summed E-state index contributed by atoms with van der Waals surface area (Å²) in [5.41, 5.74) is 2.26. The van der Waals surface area contributed by atoms with Crippen molar-refractivity contribution in [2.75, 3.05) is 11.6 Å². The van der Waals surface area contributed by atoms with Gasteiger partial charge in [-0.05, 0) is 42.3 Å². The van der Waals surface area contributed by atoms with Crippen molar-refractivity contribution >= 4 is 31.5 Å². The molecule has 2 rings (SSSR count). The van der Waals surface area contributed by atoms with E-state index in [1.54, 1.807) is 0 Å². The van der Waals surface area contributed by atoms with Crippen molar-refractivity contribution in [2.45, 2.75) is 18.4 Å². The number of hydrogen-bond donors (Lipinski definition) is 1. The van der Waals surface area contributed by atoms with Gasteiger partial charge in [-0.15, -0.1) is 0 Å². The number of rotatable bonds is 4. The molecule has 0 unspecified atom stereocenters. The molecule has 0 aromatic heterocycles. The van der Waals surface area contributed by atoms with Crippen LogP contribution in [0.4, 0.5) is 10.1 Å². The highest BCUT2D eigenvalue weighted by Crippen LogP contribution is 2.23. The van der Waals surface area contributed by atoms with Crippen molar-refractivity contribution in [3.8, 4) is 0 Å². The zero-order valence-corrected chi connectivity index (χ0v) is 14.1. The summed E-state index contributed by atoms with van der Waals surface area (Å²) in [6.07, 6.45) is 1.10. The minimum Gasteiger partial charge on any atom is -0.379 e. The topological polar surface area (TPSA) is 46.2 Å². The minimum absolute atomic E-state index is 0.0920. The monoisotopic (exact) mass is 371 g/mol. The molecule has 0 fully saturated rings. The Kier molecular flexibility index (Phi) is 4.68. The number of benzene rings is 2. The van der Waals surface area contributed by atoms with Gasteiger partial charge in [0.05, 0.1) is 10.6 Å². The highest BCUT2D eigenvalue weighted by atomic mass is 79.9. The summed E-state index contributed by atoms with van der Waals surface area (Å²) in [4.78, 5) is 0.0920. The average molecular weight is 372 g/mol. The van der Waals surface area contributed by atoms with Crippen LogP contribution in [-0.4, -0.2) is 14.7 Å². The first-order valence-corrected chi connectivity index (χ1v) is 8.94. The third kappa shape index (κ3) is 4.04. The van der Waals surface area contributed by atoms with E-state index in [2.05, 4.69) is 21.2 Å². The van der Waals surface area contributed by atoms with Crippen LogP contribution in [-0.2, 0) is 16.4 Å². The third-order valence-corrected chi connectivity index (χ3v) is 4.89. The molecule has 21 heavy (non-hydrogen) atoms. The molecule has 0 spiro atoms. The first-order valence-electron chi connectivity index (χ1n) is 6.26. The van der Waals surface area contributed by atoms with E-state index in [9.17, 15) is 12.8 Å². The van der Waals surface area contributed by atoms with E-state index in [-0.39, 0.29) is 10.6 Å². The Hall–Kier alpha value is -1.40. The molecule has 112 valence electrons. The second-order valence-electron chi connectivity index (χ2n) is 4.86. The van der Waals surface area contributed by atoms with Gasteiger partial charge in [-0.3, -0.25) is 0 Å². The number of aryl methyl sites for hydroxylation is 1. The Bertz CT molecular complexity index is 775. The maximum atomic E-state index is 13.8. The van der Waals surface area contributed by atoms with Crippen molar-refractivity contribution in [1.29, 1.82) is 0 Å². The first-order chi connectivity index (χ1) is 9.77. The fourth-order valence-corrected chi connectivity index (χ4v) is 3.14. The van der Waals surface area contributed by atoms with Crippen LogP contribution >= 0.6 is 15.9 Å². The largest absolute Gasteiger partial charge is 0.379 e. The summed E-state index contributed by atoms with van der Waals surface area (Å²) in [6.45, 7) is 2.38. The Balaban J connectivity index is 2.23. The van der Waals surface area contributed by atoms with Crippen molar-refractivity contribution in [3.05, 3.63) is 57.8 Å². The van der Waals surface area contributed by atoms with Gasteiger partial charge in [0.25, 0.3) is 0 Å². The second kappa shape index (κ2) is 6.15. The summed E-state index contributed by atoms with van der Waals surface area (Å²) in [5.74, 6) is -0.481. The van der Waals surface area contributed by atoms with E-state index in [0.717, 1.165) is 27.9 Å². The van der Waals surface area contributed by atoms with Crippen molar-refractivity contribution in [1.82, 2.24) is 0 Å². The van der Waals surface area contributed by atoms with E-state index < -0.39 is 15.7 Å². The van der Waals surface area contributed by atoms with Crippen LogP contribution in [0, 0.1) is 12.7 Å². The first kappa shape index (κ1) is 16.0. The lowest BCUT2D eigenvalue weighted by Gasteiger charge is -2.11. The molecule has 0 saturated carbocycles. The van der Waals surface area contributed by atoms with Crippen LogP contribution in [0.2, 0.25) is 0 Å². The summed E-state index contributed by atoms with van der Waals surface area (Å²) in [7, 11) is -3.35. The lowest BCUT2D eigenvalue weighted by Crippen LogP contribution is -2.05. The molecule has 6 heteroatoms. The van der Waals surface area contributed by atoms with Gasteiger partial charge in [0.2, 0.25) is 0 Å². The van der Waals surface area contributed by atoms with Crippen molar-refractivity contribution < 1.29 is 12.8 Å². The van der Waals surface area contributed by atoms with Crippen molar-refractivity contribution in [2.24, 2.45) is 0 Å². The molecule has 0 amide bonds. The molecular weight excluding hydrogens is 357 g/mol. The molecule has 3 nitrogen and oxygen atoms in total. The molecule has 0 aliphatic rings. The van der Waals surface area contributed by atoms with Crippen molar-refractivity contribution in [3.63, 3.8) is 0 Å². The van der Waals surface area contributed by atoms with E-state index in [1.807, 2.05) is 25.1 Å². The normalized spacial score (nSPS) is 11.4. The molecule has 0 heterocycles. The molecule has 0 radical (unpaired) electrons. The fraction of sp³-hybridized carbons (Fsp3) is 0.200. The van der Waals surface area contributed by atoms with Gasteiger partial charge in [-0.2, -0.15) is 0 Å². The zero-order valence-electron chi connectivity index (χ0n) is 11.7. The average Bonchev–Trinajstić information content (AvgIpc) is 2.38. The summed E-state index contributed by atoms with van der Waals surface area (Å²) in [5, 5.41) is 2.93. The molecule has 0 atom stereocenters. The predicted octanol–water partition coefficient (Wildman–Crippen LogP) is 3.91. The number of hydrogen-bond acceptors (Lipinski definition) is 3. The Morgan fingerprint density at radius 1 is 1.19 bits per heavy atom. The van der Waals surface area contributed by atoms with Crippen LogP contribution in [0.3, 0.4) is 0 Å². The highest BCUT2D eigenvalue weighted by molar-refractivity contribution is 9.10. The summed E-state index contributed by atoms with van der Waals surface area (Å²) in [6, 6.07) is 9.60. The standard InChI is InChI=1S/C15H15BrFNO2S/c1-10-3-4-11(13(16)7-10)9-18-15-8-12(21(2,19)20)5-6-14(15)17/h3-8,18H,9H2,1-2H3. The molecule has 2 aromatic carbocycles. The fourth-order valence-electron chi connectivity index (χ4n) is 1.86. The quantitative estimate of drug-likeness (QED) is 0.828. The van der Waals surface area contributed by atoms with Crippen LogP contribution in [0.5, 0.6) is 0 Å². The van der Waals surface area contributed by atoms with E-state index >= 15 is 0 Å². The molecule has 2 aromatic rings. The summed E-state index contributed by atoms with van der Waals surface area (Å²) < 4.78 is 37.7. The number of halogens is 2. The highest BCUT2D eigenvalue weighted by Gasteiger charge is 2.11. The molecule has 1 N–H and O–H groups in total. The van der Waals surface area contributed by atoms with Gasteiger partial charge in [0.1, 0.15) is 5.82 Å². The van der Waals surface area contributed by atoms with Crippen LogP contribution in [0.25, 0.3) is 0 Å². The molecule has 0 bridgehead atoms. The number of sulfone groups is 1. The third-order valence-electron chi connectivity index (χ3n) is 3.04. The van der Waals surface area contributed by atoms with Gasteiger partial charge in [-0.1, -0.05) is 28.1 Å². The maximum absolute atomic E-state index is 13.8. The zero-order chi connectivity index (χ0) is 15.6. The summed E-state index contributed by atoms with van der Waals surface area (Å²) >= 11 is 3.46. The predicted molar refractivity (Wildman–Crippen MR) is 85.7 cm³/mol.